The average molecular weight is 416 g/mol. The second-order valence-electron chi connectivity index (χ2n) is 6.43. The molecule has 0 spiro atoms. The number of hydrogen-bond acceptors (Lipinski definition) is 6. The molecule has 0 saturated heterocycles. The third-order valence-corrected chi connectivity index (χ3v) is 5.25. The highest BCUT2D eigenvalue weighted by molar-refractivity contribution is 7.99. The Labute approximate surface area is 169 Å². The van der Waals surface area contributed by atoms with Crippen molar-refractivity contribution in [2.75, 3.05) is 16.4 Å². The highest BCUT2D eigenvalue weighted by Crippen LogP contribution is 2.21. The van der Waals surface area contributed by atoms with Crippen molar-refractivity contribution < 1.29 is 9.59 Å². The van der Waals surface area contributed by atoms with Crippen LogP contribution < -0.4 is 21.9 Å². The zero-order valence-corrected chi connectivity index (χ0v) is 17.2. The van der Waals surface area contributed by atoms with Gasteiger partial charge in [0.05, 0.1) is 5.75 Å². The molecule has 0 fully saturated rings. The topological polar surface area (TPSA) is 120 Å². The number of carbonyl (C=O) groups is 2. The minimum Gasteiger partial charge on any atom is -0.326 e. The van der Waals surface area contributed by atoms with Crippen molar-refractivity contribution >= 4 is 46.1 Å². The molecule has 0 bridgehead atoms. The summed E-state index contributed by atoms with van der Waals surface area (Å²) in [7, 11) is 4.65. The van der Waals surface area contributed by atoms with Crippen LogP contribution >= 0.6 is 11.8 Å². The van der Waals surface area contributed by atoms with Crippen molar-refractivity contribution in [1.29, 1.82) is 0 Å². The number of rotatable bonds is 5. The Bertz CT molecular complexity index is 1240. The number of aryl methyl sites for hydroxylation is 2. The van der Waals surface area contributed by atoms with Crippen LogP contribution in [0.5, 0.6) is 0 Å². The first kappa shape index (κ1) is 20.4. The van der Waals surface area contributed by atoms with Crippen molar-refractivity contribution in [3.63, 3.8) is 0 Å². The van der Waals surface area contributed by atoms with Gasteiger partial charge in [0, 0.05) is 39.4 Å². The maximum absolute atomic E-state index is 12.3. The average Bonchev–Trinajstić information content (AvgIpc) is 2.99. The van der Waals surface area contributed by atoms with Gasteiger partial charge in [-0.1, -0.05) is 17.8 Å². The Kier molecular flexibility index (Phi) is 5.59. The molecule has 11 heteroatoms. The third kappa shape index (κ3) is 4.09. The molecular weight excluding hydrogens is 396 g/mol. The van der Waals surface area contributed by atoms with E-state index in [0.29, 0.717) is 22.2 Å². The molecule has 152 valence electrons. The number of amides is 2. The maximum Gasteiger partial charge on any atom is 0.332 e. The van der Waals surface area contributed by atoms with Gasteiger partial charge in [0.1, 0.15) is 0 Å². The van der Waals surface area contributed by atoms with E-state index in [1.54, 1.807) is 42.9 Å². The van der Waals surface area contributed by atoms with E-state index in [4.69, 9.17) is 0 Å². The van der Waals surface area contributed by atoms with E-state index < -0.39 is 11.2 Å². The largest absolute Gasteiger partial charge is 0.332 e. The number of hydrogen-bond donors (Lipinski definition) is 2. The molecular formula is C18H20N6O4S. The number of nitrogens with zero attached hydrogens (tertiary/aromatic N) is 4. The van der Waals surface area contributed by atoms with Gasteiger partial charge in [0.25, 0.3) is 5.56 Å². The predicted octanol–water partition coefficient (Wildman–Crippen LogP) is 0.660. The predicted molar refractivity (Wildman–Crippen MR) is 111 cm³/mol. The van der Waals surface area contributed by atoms with Crippen molar-refractivity contribution in [3.05, 3.63) is 45.1 Å². The fourth-order valence-electron chi connectivity index (χ4n) is 2.89. The van der Waals surface area contributed by atoms with Crippen LogP contribution in [-0.2, 0) is 30.7 Å². The lowest BCUT2D eigenvalue weighted by molar-refractivity contribution is -0.114. The first-order valence-corrected chi connectivity index (χ1v) is 9.60. The molecule has 29 heavy (non-hydrogen) atoms. The van der Waals surface area contributed by atoms with E-state index in [-0.39, 0.29) is 23.1 Å². The number of thioether (sulfide) groups is 1. The molecule has 1 aromatic carbocycles. The van der Waals surface area contributed by atoms with Gasteiger partial charge in [-0.05, 0) is 18.2 Å². The fourth-order valence-corrected chi connectivity index (χ4v) is 3.66. The minimum atomic E-state index is -0.482. The minimum absolute atomic E-state index is 0.0514. The monoisotopic (exact) mass is 416 g/mol. The van der Waals surface area contributed by atoms with E-state index in [2.05, 4.69) is 15.6 Å². The summed E-state index contributed by atoms with van der Waals surface area (Å²) >= 11 is 1.15. The van der Waals surface area contributed by atoms with Crippen molar-refractivity contribution in [3.8, 4) is 0 Å². The van der Waals surface area contributed by atoms with Gasteiger partial charge in [-0.3, -0.25) is 23.5 Å². The number of anilines is 2. The fraction of sp³-hybridized carbons (Fsp3) is 0.278. The molecule has 0 aliphatic heterocycles. The van der Waals surface area contributed by atoms with Crippen LogP contribution in [0.2, 0.25) is 0 Å². The quantitative estimate of drug-likeness (QED) is 0.590. The first-order valence-electron chi connectivity index (χ1n) is 8.61. The van der Waals surface area contributed by atoms with E-state index in [0.717, 1.165) is 16.3 Å². The summed E-state index contributed by atoms with van der Waals surface area (Å²) in [6, 6.07) is 6.80. The van der Waals surface area contributed by atoms with Gasteiger partial charge in [-0.25, -0.2) is 9.78 Å². The Balaban J connectivity index is 1.77. The summed E-state index contributed by atoms with van der Waals surface area (Å²) in [5, 5.41) is 5.85. The molecule has 0 saturated carbocycles. The van der Waals surface area contributed by atoms with E-state index >= 15 is 0 Å². The molecule has 0 atom stereocenters. The zero-order valence-electron chi connectivity index (χ0n) is 16.3. The molecule has 0 radical (unpaired) electrons. The third-order valence-electron chi connectivity index (χ3n) is 4.22. The summed E-state index contributed by atoms with van der Waals surface area (Å²) in [6.07, 6.45) is 0. The molecule has 2 N–H and O–H groups in total. The molecule has 0 aliphatic carbocycles. The molecule has 0 aliphatic rings. The normalized spacial score (nSPS) is 10.9. The lowest BCUT2D eigenvalue weighted by atomic mass is 10.2. The summed E-state index contributed by atoms with van der Waals surface area (Å²) in [5.41, 5.74) is 0.758. The molecule has 2 amide bonds. The summed E-state index contributed by atoms with van der Waals surface area (Å²) in [4.78, 5) is 52.2. The van der Waals surface area contributed by atoms with E-state index in [9.17, 15) is 19.2 Å². The van der Waals surface area contributed by atoms with Crippen molar-refractivity contribution in [1.82, 2.24) is 18.7 Å². The van der Waals surface area contributed by atoms with E-state index in [1.165, 1.54) is 18.5 Å². The van der Waals surface area contributed by atoms with Gasteiger partial charge in [0.15, 0.2) is 16.3 Å². The molecule has 3 aromatic rings. The van der Waals surface area contributed by atoms with Crippen LogP contribution in [0.15, 0.2) is 39.0 Å². The molecule has 0 unspecified atom stereocenters. The standard InChI is InChI=1S/C18H20N6O4S/c1-10(25)19-11-6-5-7-12(8-11)20-13(26)9-29-17-21-14-15(22(17)2)23(3)18(28)24(4)16(14)27/h5-8H,9H2,1-4H3,(H,19,25)(H,20,26). The second kappa shape index (κ2) is 7.95. The Morgan fingerprint density at radius 1 is 1.03 bits per heavy atom. The van der Waals surface area contributed by atoms with Gasteiger partial charge >= 0.3 is 5.69 Å². The second-order valence-corrected chi connectivity index (χ2v) is 7.37. The first-order chi connectivity index (χ1) is 13.7. The summed E-state index contributed by atoms with van der Waals surface area (Å²) in [5.74, 6) is -0.425. The molecule has 2 heterocycles. The van der Waals surface area contributed by atoms with Gasteiger partial charge in [-0.15, -0.1) is 0 Å². The van der Waals surface area contributed by atoms with Crippen LogP contribution in [0.3, 0.4) is 0 Å². The van der Waals surface area contributed by atoms with Crippen molar-refractivity contribution in [2.24, 2.45) is 21.1 Å². The SMILES string of the molecule is CC(=O)Nc1cccc(NC(=O)CSc2nc3c(=O)n(C)c(=O)n(C)c3n2C)c1. The number of benzene rings is 1. The number of fused-ring (bicyclic) bond motifs is 1. The number of imidazole rings is 1. The number of carbonyl (C=O) groups excluding carboxylic acids is 2. The van der Waals surface area contributed by atoms with Crippen LogP contribution in [0.25, 0.3) is 11.2 Å². The van der Waals surface area contributed by atoms with E-state index in [1.807, 2.05) is 0 Å². The highest BCUT2D eigenvalue weighted by Gasteiger charge is 2.18. The molecule has 3 rings (SSSR count). The molecule has 10 nitrogen and oxygen atoms in total. The maximum atomic E-state index is 12.3. The Hall–Kier alpha value is -3.34. The number of aromatic nitrogens is 4. The lowest BCUT2D eigenvalue weighted by Gasteiger charge is -2.08. The zero-order chi connectivity index (χ0) is 21.3. The smallest absolute Gasteiger partial charge is 0.326 e. The summed E-state index contributed by atoms with van der Waals surface area (Å²) in [6.45, 7) is 1.40. The Morgan fingerprint density at radius 3 is 2.34 bits per heavy atom. The van der Waals surface area contributed by atoms with Crippen LogP contribution in [0, 0.1) is 0 Å². The van der Waals surface area contributed by atoms with Gasteiger partial charge < -0.3 is 15.2 Å². The Morgan fingerprint density at radius 2 is 1.69 bits per heavy atom. The molecule has 2 aromatic heterocycles. The van der Waals surface area contributed by atoms with Crippen LogP contribution in [-0.4, -0.2) is 36.3 Å². The highest BCUT2D eigenvalue weighted by atomic mass is 32.2. The van der Waals surface area contributed by atoms with Crippen LogP contribution in [0.4, 0.5) is 11.4 Å². The van der Waals surface area contributed by atoms with Crippen LogP contribution in [0.1, 0.15) is 6.92 Å². The van der Waals surface area contributed by atoms with Gasteiger partial charge in [-0.2, -0.15) is 0 Å². The van der Waals surface area contributed by atoms with Crippen molar-refractivity contribution in [2.45, 2.75) is 12.1 Å². The summed E-state index contributed by atoms with van der Waals surface area (Å²) < 4.78 is 3.97. The lowest BCUT2D eigenvalue weighted by Crippen LogP contribution is -2.37. The van der Waals surface area contributed by atoms with Gasteiger partial charge in [0.2, 0.25) is 11.8 Å². The number of nitrogens with one attached hydrogen (secondary N) is 2.